The molecule has 0 bridgehead atoms. The molecule has 8 rings (SSSR count). The van der Waals surface area contributed by atoms with Crippen LogP contribution in [0.5, 0.6) is 0 Å². The molecule has 11 heteroatoms. The Hall–Kier alpha value is -4.45. The van der Waals surface area contributed by atoms with Crippen molar-refractivity contribution < 1.29 is 5.11 Å². The predicted octanol–water partition coefficient (Wildman–Crippen LogP) is 2.97. The van der Waals surface area contributed by atoms with Gasteiger partial charge in [0.1, 0.15) is 6.23 Å². The number of H-pyrrole nitrogens is 1. The summed E-state index contributed by atoms with van der Waals surface area (Å²) >= 11 is 0. The lowest BCUT2D eigenvalue weighted by Crippen LogP contribution is -2.41. The van der Waals surface area contributed by atoms with E-state index in [1.807, 2.05) is 28.2 Å². The Bertz CT molecular complexity index is 1740. The third-order valence-electron chi connectivity index (χ3n) is 9.23. The van der Waals surface area contributed by atoms with Gasteiger partial charge in [-0.1, -0.05) is 48.5 Å². The van der Waals surface area contributed by atoms with Crippen LogP contribution in [0.2, 0.25) is 0 Å². The number of hydrogen-bond donors (Lipinski definition) is 3. The number of aliphatic hydroxyl groups is 1. The van der Waals surface area contributed by atoms with Gasteiger partial charge in [0.15, 0.2) is 0 Å². The highest BCUT2D eigenvalue weighted by Gasteiger charge is 2.27. The van der Waals surface area contributed by atoms with Crippen molar-refractivity contribution >= 4 is 5.95 Å². The summed E-state index contributed by atoms with van der Waals surface area (Å²) < 4.78 is 1.87. The average Bonchev–Trinajstić information content (AvgIpc) is 3.79. The summed E-state index contributed by atoms with van der Waals surface area (Å²) in [6.07, 6.45) is 8.87. The Kier molecular flexibility index (Phi) is 7.13. The van der Waals surface area contributed by atoms with Crippen molar-refractivity contribution in [1.29, 1.82) is 0 Å². The number of aromatic nitrogens is 7. The van der Waals surface area contributed by atoms with E-state index in [-0.39, 0.29) is 0 Å². The molecule has 0 saturated carbocycles. The van der Waals surface area contributed by atoms with E-state index < -0.39 is 6.23 Å². The van der Waals surface area contributed by atoms with Crippen LogP contribution in [0.4, 0.5) is 5.95 Å². The Labute approximate surface area is 256 Å². The van der Waals surface area contributed by atoms with Crippen LogP contribution in [0, 0.1) is 0 Å². The third-order valence-corrected chi connectivity index (χ3v) is 9.23. The number of aromatic amines is 1. The van der Waals surface area contributed by atoms with Crippen molar-refractivity contribution in [3.05, 3.63) is 106 Å². The van der Waals surface area contributed by atoms with E-state index in [0.29, 0.717) is 31.6 Å². The lowest BCUT2D eigenvalue weighted by atomic mass is 9.99. The zero-order valence-corrected chi connectivity index (χ0v) is 24.6. The minimum atomic E-state index is -0.694. The molecule has 5 heterocycles. The van der Waals surface area contributed by atoms with Crippen molar-refractivity contribution in [2.75, 3.05) is 18.4 Å². The van der Waals surface area contributed by atoms with Gasteiger partial charge in [0.2, 0.25) is 5.95 Å². The molecule has 1 unspecified atom stereocenters. The van der Waals surface area contributed by atoms with Crippen LogP contribution >= 0.6 is 0 Å². The van der Waals surface area contributed by atoms with E-state index in [4.69, 9.17) is 15.1 Å². The Morgan fingerprint density at radius 3 is 2.39 bits per heavy atom. The van der Waals surface area contributed by atoms with Gasteiger partial charge < -0.3 is 10.4 Å². The molecular formula is C33H36N10O. The number of aliphatic hydroxyl groups excluding tert-OH is 1. The summed E-state index contributed by atoms with van der Waals surface area (Å²) in [5.41, 5.74) is 10.3. The highest BCUT2D eigenvalue weighted by Crippen LogP contribution is 2.28. The Morgan fingerprint density at radius 2 is 1.59 bits per heavy atom. The van der Waals surface area contributed by atoms with Crippen LogP contribution in [-0.4, -0.2) is 75.4 Å². The second-order valence-electron chi connectivity index (χ2n) is 12.2. The highest BCUT2D eigenvalue weighted by atomic mass is 16.3. The van der Waals surface area contributed by atoms with Crippen LogP contribution in [0.3, 0.4) is 0 Å². The van der Waals surface area contributed by atoms with E-state index in [0.717, 1.165) is 73.5 Å². The molecule has 3 aliphatic rings. The fraction of sp³-hybridized carbons (Fsp3) is 0.364. The summed E-state index contributed by atoms with van der Waals surface area (Å²) in [4.78, 5) is 13.9. The van der Waals surface area contributed by atoms with Gasteiger partial charge in [0.05, 0.1) is 23.6 Å². The number of anilines is 1. The number of benzene rings is 2. The zero-order valence-electron chi connectivity index (χ0n) is 24.6. The molecule has 3 N–H and O–H groups in total. The summed E-state index contributed by atoms with van der Waals surface area (Å²) in [6.45, 7) is 4.22. The van der Waals surface area contributed by atoms with Crippen molar-refractivity contribution in [3.8, 4) is 11.1 Å². The molecule has 1 atom stereocenters. The maximum absolute atomic E-state index is 11.2. The van der Waals surface area contributed by atoms with Gasteiger partial charge in [-0.2, -0.15) is 20.5 Å². The molecule has 2 aromatic carbocycles. The number of fused-ring (bicyclic) bond motifs is 3. The molecule has 5 aromatic rings. The lowest BCUT2D eigenvalue weighted by molar-refractivity contribution is -0.0207. The smallest absolute Gasteiger partial charge is 0.222 e. The number of nitrogens with one attached hydrogen (secondary N) is 2. The fourth-order valence-corrected chi connectivity index (χ4v) is 6.86. The van der Waals surface area contributed by atoms with Gasteiger partial charge in [-0.3, -0.25) is 14.5 Å². The summed E-state index contributed by atoms with van der Waals surface area (Å²) in [5.74, 6) is 0.640. The summed E-state index contributed by atoms with van der Waals surface area (Å²) in [5, 5.41) is 30.9. The average molecular weight is 589 g/mol. The van der Waals surface area contributed by atoms with Gasteiger partial charge in [0, 0.05) is 74.9 Å². The summed E-state index contributed by atoms with van der Waals surface area (Å²) in [6, 6.07) is 17.6. The topological polar surface area (TPSA) is 124 Å². The van der Waals surface area contributed by atoms with Gasteiger partial charge >= 0.3 is 0 Å². The maximum Gasteiger partial charge on any atom is 0.222 e. The van der Waals surface area contributed by atoms with Crippen LogP contribution < -0.4 is 5.32 Å². The molecule has 0 radical (unpaired) electrons. The largest absolute Gasteiger partial charge is 0.376 e. The van der Waals surface area contributed by atoms with Crippen LogP contribution in [-0.2, 0) is 51.9 Å². The quantitative estimate of drug-likeness (QED) is 0.251. The monoisotopic (exact) mass is 588 g/mol. The molecule has 0 spiro atoms. The number of rotatable bonds is 8. The van der Waals surface area contributed by atoms with E-state index in [2.05, 4.69) is 74.2 Å². The van der Waals surface area contributed by atoms with E-state index >= 15 is 0 Å². The highest BCUT2D eigenvalue weighted by molar-refractivity contribution is 5.64. The minimum absolute atomic E-state index is 0.295. The second kappa shape index (κ2) is 11.6. The first kappa shape index (κ1) is 27.1. The lowest BCUT2D eigenvalue weighted by Gasteiger charge is -2.29. The zero-order chi connectivity index (χ0) is 29.5. The fourth-order valence-electron chi connectivity index (χ4n) is 6.86. The van der Waals surface area contributed by atoms with Crippen molar-refractivity contribution in [2.45, 2.75) is 64.1 Å². The second-order valence-corrected chi connectivity index (χ2v) is 12.2. The Morgan fingerprint density at radius 1 is 0.864 bits per heavy atom. The normalized spacial score (nSPS) is 17.7. The molecule has 0 saturated heterocycles. The van der Waals surface area contributed by atoms with Gasteiger partial charge in [-0.05, 0) is 41.5 Å². The van der Waals surface area contributed by atoms with Crippen LogP contribution in [0.1, 0.15) is 39.3 Å². The molecule has 224 valence electrons. The predicted molar refractivity (Wildman–Crippen MR) is 165 cm³/mol. The summed E-state index contributed by atoms with van der Waals surface area (Å²) in [7, 11) is 0. The molecule has 3 aromatic heterocycles. The van der Waals surface area contributed by atoms with Crippen LogP contribution in [0.15, 0.2) is 67.1 Å². The maximum atomic E-state index is 11.2. The van der Waals surface area contributed by atoms with Crippen molar-refractivity contribution in [3.63, 3.8) is 0 Å². The first-order valence-corrected chi connectivity index (χ1v) is 15.5. The van der Waals surface area contributed by atoms with Crippen molar-refractivity contribution in [1.82, 2.24) is 45.0 Å². The molecule has 0 amide bonds. The minimum Gasteiger partial charge on any atom is -0.376 e. The molecule has 0 fully saturated rings. The molecular weight excluding hydrogens is 552 g/mol. The molecule has 44 heavy (non-hydrogen) atoms. The first-order valence-electron chi connectivity index (χ1n) is 15.5. The van der Waals surface area contributed by atoms with Gasteiger partial charge in [-0.15, -0.1) is 0 Å². The van der Waals surface area contributed by atoms with E-state index in [1.165, 1.54) is 22.3 Å². The van der Waals surface area contributed by atoms with Gasteiger partial charge in [-0.25, -0.2) is 9.97 Å². The standard InChI is InChI=1S/C33H36N10O/c44-32(42-12-10-29-31(20-42)38-40-37-29)21-43-18-28(30(39-43)19-41-11-9-22-5-1-4-8-25(22)17-41)26-15-34-33(35-16-26)36-27-13-23-6-2-3-7-24(23)14-27/h1-8,15-16,18,27,32,44H,9-14,17,19-21H2,(H,34,35,36)(H,37,38,40). The van der Waals surface area contributed by atoms with E-state index in [1.54, 1.807) is 0 Å². The molecule has 11 nitrogen and oxygen atoms in total. The van der Waals surface area contributed by atoms with Gasteiger partial charge in [0.25, 0.3) is 0 Å². The van der Waals surface area contributed by atoms with E-state index in [9.17, 15) is 5.11 Å². The third kappa shape index (κ3) is 5.49. The molecule has 1 aliphatic carbocycles. The van der Waals surface area contributed by atoms with Crippen LogP contribution in [0.25, 0.3) is 11.1 Å². The SMILES string of the molecule is OC(Cn1cc(-c2cnc(NC3Cc4ccccc4C3)nc2)c(CN2CCc3ccccc3C2)n1)N1CCc2n[nH]nc2C1. The molecule has 2 aliphatic heterocycles. The number of hydrogen-bond acceptors (Lipinski definition) is 9. The Balaban J connectivity index is 1.01. The van der Waals surface area contributed by atoms with Crippen molar-refractivity contribution in [2.24, 2.45) is 0 Å². The first-order chi connectivity index (χ1) is 21.6. The number of nitrogens with zero attached hydrogens (tertiary/aromatic N) is 8.